The molecule has 0 atom stereocenters. The lowest BCUT2D eigenvalue weighted by atomic mass is 9.75. The Morgan fingerprint density at radius 2 is 2.03 bits per heavy atom. The second-order valence-corrected chi connectivity index (χ2v) is 11.6. The smallest absolute Gasteiger partial charge is 0.230 e. The van der Waals surface area contributed by atoms with Gasteiger partial charge < -0.3 is 24.6 Å². The number of carbonyl (C=O) groups excluding carboxylic acids is 1. The van der Waals surface area contributed by atoms with Crippen LogP contribution in [-0.4, -0.2) is 49.4 Å². The SMILES string of the molecule is CC(C)O[C@H]1CC[C@H](C(=O)N2Cc3cc(F)cnc3Nc3ccc(N4CC5(CCCOC5)C4)cc32)CC1. The van der Waals surface area contributed by atoms with Gasteiger partial charge in [-0.05, 0) is 76.6 Å². The molecule has 8 heteroatoms. The summed E-state index contributed by atoms with van der Waals surface area (Å²) in [7, 11) is 0. The van der Waals surface area contributed by atoms with Gasteiger partial charge in [-0.2, -0.15) is 0 Å². The van der Waals surface area contributed by atoms with Crippen LogP contribution in [0.3, 0.4) is 0 Å². The van der Waals surface area contributed by atoms with Crippen LogP contribution in [-0.2, 0) is 20.8 Å². The molecule has 37 heavy (non-hydrogen) atoms. The number of fused-ring (bicyclic) bond motifs is 2. The van der Waals surface area contributed by atoms with Crippen molar-refractivity contribution in [2.75, 3.05) is 41.4 Å². The summed E-state index contributed by atoms with van der Waals surface area (Å²) in [6.07, 6.45) is 7.34. The summed E-state index contributed by atoms with van der Waals surface area (Å²) in [6.45, 7) is 8.05. The number of benzene rings is 1. The lowest BCUT2D eigenvalue weighted by Crippen LogP contribution is -2.60. The highest BCUT2D eigenvalue weighted by Crippen LogP contribution is 2.44. The maximum Gasteiger partial charge on any atom is 0.230 e. The third-order valence-corrected chi connectivity index (χ3v) is 8.36. The van der Waals surface area contributed by atoms with Crippen molar-refractivity contribution >= 4 is 28.8 Å². The summed E-state index contributed by atoms with van der Waals surface area (Å²) in [5.41, 5.74) is 3.71. The highest BCUT2D eigenvalue weighted by Gasteiger charge is 2.44. The van der Waals surface area contributed by atoms with Gasteiger partial charge in [0.1, 0.15) is 11.6 Å². The minimum absolute atomic E-state index is 0.0711. The molecule has 198 valence electrons. The van der Waals surface area contributed by atoms with Crippen molar-refractivity contribution in [2.45, 2.75) is 71.1 Å². The van der Waals surface area contributed by atoms with Crippen LogP contribution in [0.15, 0.2) is 30.5 Å². The molecule has 3 fully saturated rings. The lowest BCUT2D eigenvalue weighted by molar-refractivity contribution is -0.124. The number of aromatic nitrogens is 1. The standard InChI is InChI=1S/C29H37FN4O3/c1-19(2)37-24-7-4-20(5-8-24)28(35)34-15-21-12-22(30)14-31-27(21)32-25-9-6-23(13-26(25)34)33-16-29(17-33)10-3-11-36-18-29/h6,9,12-14,19-20,24H,3-5,7-8,10-11,15-18H2,1-2H3,(H,31,32)/t20-,24-. The van der Waals surface area contributed by atoms with E-state index >= 15 is 0 Å². The number of hydrogen-bond donors (Lipinski definition) is 1. The summed E-state index contributed by atoms with van der Waals surface area (Å²) in [5, 5.41) is 3.38. The minimum Gasteiger partial charge on any atom is -0.381 e. The first-order chi connectivity index (χ1) is 17.9. The van der Waals surface area contributed by atoms with E-state index in [1.807, 2.05) is 11.0 Å². The number of rotatable bonds is 4. The largest absolute Gasteiger partial charge is 0.381 e. The van der Waals surface area contributed by atoms with E-state index < -0.39 is 5.82 Å². The predicted molar refractivity (Wildman–Crippen MR) is 142 cm³/mol. The number of nitrogens with zero attached hydrogens (tertiary/aromatic N) is 3. The molecule has 1 saturated carbocycles. The van der Waals surface area contributed by atoms with Gasteiger partial charge in [-0.3, -0.25) is 4.79 Å². The van der Waals surface area contributed by atoms with Gasteiger partial charge in [0.2, 0.25) is 5.91 Å². The fraction of sp³-hybridized carbons (Fsp3) is 0.586. The highest BCUT2D eigenvalue weighted by atomic mass is 19.1. The Morgan fingerprint density at radius 3 is 2.76 bits per heavy atom. The van der Waals surface area contributed by atoms with Crippen molar-refractivity contribution in [3.05, 3.63) is 41.8 Å². The molecule has 1 aliphatic carbocycles. The number of carbonyl (C=O) groups is 1. The van der Waals surface area contributed by atoms with Crippen molar-refractivity contribution in [3.8, 4) is 0 Å². The molecule has 6 rings (SSSR count). The molecule has 2 aromatic rings. The zero-order valence-corrected chi connectivity index (χ0v) is 21.8. The number of halogens is 1. The molecule has 1 N–H and O–H groups in total. The summed E-state index contributed by atoms with van der Waals surface area (Å²) in [5.74, 6) is 0.229. The molecule has 7 nitrogen and oxygen atoms in total. The first-order valence-corrected chi connectivity index (χ1v) is 13.7. The topological polar surface area (TPSA) is 66.9 Å². The first kappa shape index (κ1) is 24.6. The van der Waals surface area contributed by atoms with Gasteiger partial charge in [-0.15, -0.1) is 0 Å². The van der Waals surface area contributed by atoms with Crippen LogP contribution in [0, 0.1) is 17.2 Å². The Hall–Kier alpha value is -2.71. The summed E-state index contributed by atoms with van der Waals surface area (Å²) in [4.78, 5) is 22.5. The summed E-state index contributed by atoms with van der Waals surface area (Å²) >= 11 is 0. The Kier molecular flexibility index (Phi) is 6.57. The van der Waals surface area contributed by atoms with Crippen molar-refractivity contribution in [2.24, 2.45) is 11.3 Å². The van der Waals surface area contributed by atoms with Gasteiger partial charge in [-0.1, -0.05) is 0 Å². The second-order valence-electron chi connectivity index (χ2n) is 11.6. The van der Waals surface area contributed by atoms with Gasteiger partial charge in [0, 0.05) is 42.3 Å². The van der Waals surface area contributed by atoms with Gasteiger partial charge in [0.05, 0.1) is 42.9 Å². The Bertz CT molecular complexity index is 1150. The molecule has 1 spiro atoms. The molecule has 3 aliphatic heterocycles. The fourth-order valence-electron chi connectivity index (χ4n) is 6.50. The molecular formula is C29H37FN4O3. The van der Waals surface area contributed by atoms with Crippen LogP contribution in [0.25, 0.3) is 0 Å². The Morgan fingerprint density at radius 1 is 1.22 bits per heavy atom. The maximum atomic E-state index is 14.2. The molecule has 1 aromatic heterocycles. The molecule has 1 amide bonds. The van der Waals surface area contributed by atoms with Crippen molar-refractivity contribution in [1.82, 2.24) is 4.98 Å². The minimum atomic E-state index is -0.397. The number of anilines is 4. The van der Waals surface area contributed by atoms with Gasteiger partial charge in [-0.25, -0.2) is 9.37 Å². The predicted octanol–water partition coefficient (Wildman–Crippen LogP) is 5.41. The average Bonchev–Trinajstić information content (AvgIpc) is 3.03. The normalized spacial score (nSPS) is 24.6. The fourth-order valence-corrected chi connectivity index (χ4v) is 6.50. The van der Waals surface area contributed by atoms with Crippen LogP contribution in [0.1, 0.15) is 57.9 Å². The van der Waals surface area contributed by atoms with E-state index in [1.54, 1.807) is 0 Å². The van der Waals surface area contributed by atoms with E-state index in [1.165, 1.54) is 18.7 Å². The van der Waals surface area contributed by atoms with Crippen molar-refractivity contribution in [3.63, 3.8) is 0 Å². The summed E-state index contributed by atoms with van der Waals surface area (Å²) in [6, 6.07) is 7.74. The lowest BCUT2D eigenvalue weighted by Gasteiger charge is -2.53. The third kappa shape index (κ3) is 4.93. The number of amides is 1. The maximum absolute atomic E-state index is 14.2. The van der Waals surface area contributed by atoms with E-state index in [0.29, 0.717) is 17.9 Å². The average molecular weight is 509 g/mol. The van der Waals surface area contributed by atoms with E-state index in [-0.39, 0.29) is 29.4 Å². The van der Waals surface area contributed by atoms with E-state index in [9.17, 15) is 9.18 Å². The zero-order chi connectivity index (χ0) is 25.6. The van der Waals surface area contributed by atoms with Gasteiger partial charge in [0.25, 0.3) is 0 Å². The molecule has 0 bridgehead atoms. The molecule has 4 heterocycles. The summed E-state index contributed by atoms with van der Waals surface area (Å²) < 4.78 is 25.9. The van der Waals surface area contributed by atoms with E-state index in [2.05, 4.69) is 41.2 Å². The zero-order valence-electron chi connectivity index (χ0n) is 21.8. The van der Waals surface area contributed by atoms with E-state index in [4.69, 9.17) is 9.47 Å². The number of nitrogens with one attached hydrogen (secondary N) is 1. The van der Waals surface area contributed by atoms with Crippen molar-refractivity contribution < 1.29 is 18.7 Å². The van der Waals surface area contributed by atoms with Crippen LogP contribution >= 0.6 is 0 Å². The quantitative estimate of drug-likeness (QED) is 0.596. The Balaban J connectivity index is 1.27. The molecule has 1 aromatic carbocycles. The van der Waals surface area contributed by atoms with Gasteiger partial charge in [0.15, 0.2) is 0 Å². The number of hydrogen-bond acceptors (Lipinski definition) is 6. The van der Waals surface area contributed by atoms with Crippen molar-refractivity contribution in [1.29, 1.82) is 0 Å². The van der Waals surface area contributed by atoms with E-state index in [0.717, 1.165) is 75.5 Å². The monoisotopic (exact) mass is 508 g/mol. The number of ether oxygens (including phenoxy) is 2. The highest BCUT2D eigenvalue weighted by molar-refractivity contribution is 6.00. The molecule has 4 aliphatic rings. The molecule has 0 unspecified atom stereocenters. The van der Waals surface area contributed by atoms with Crippen LogP contribution in [0.4, 0.5) is 27.3 Å². The van der Waals surface area contributed by atoms with Crippen LogP contribution in [0.5, 0.6) is 0 Å². The molecule has 0 radical (unpaired) electrons. The molecular weight excluding hydrogens is 471 g/mol. The second kappa shape index (κ2) is 9.87. The van der Waals surface area contributed by atoms with Crippen LogP contribution < -0.4 is 15.1 Å². The molecule has 2 saturated heterocycles. The third-order valence-electron chi connectivity index (χ3n) is 8.36. The van der Waals surface area contributed by atoms with Crippen LogP contribution in [0.2, 0.25) is 0 Å². The Labute approximate surface area is 218 Å². The number of pyridine rings is 1. The first-order valence-electron chi connectivity index (χ1n) is 13.7. The van der Waals surface area contributed by atoms with Gasteiger partial charge >= 0.3 is 0 Å².